The monoisotopic (exact) mass is 347 g/mol. The van der Waals surface area contributed by atoms with Crippen LogP contribution in [0.25, 0.3) is 22.6 Å². The van der Waals surface area contributed by atoms with E-state index >= 15 is 0 Å². The molecule has 3 rings (SSSR count). The van der Waals surface area contributed by atoms with E-state index in [1.54, 1.807) is 11.6 Å². The van der Waals surface area contributed by atoms with E-state index in [-0.39, 0.29) is 11.5 Å². The van der Waals surface area contributed by atoms with Crippen molar-refractivity contribution in [1.29, 1.82) is 0 Å². The predicted molar refractivity (Wildman–Crippen MR) is 95.4 cm³/mol. The zero-order valence-corrected chi connectivity index (χ0v) is 14.5. The third kappa shape index (κ3) is 2.65. The Balaban J connectivity index is 2.35. The lowest BCUT2D eigenvalue weighted by atomic mass is 10.1. The first-order valence-corrected chi connectivity index (χ1v) is 8.22. The molecule has 0 atom stereocenters. The summed E-state index contributed by atoms with van der Waals surface area (Å²) in [7, 11) is 1.77. The SMILES string of the molecule is CCN(CCCl)c1cc2nc3c(=O)[nH]c(=O)nc-3n(C)c2cc1C. The van der Waals surface area contributed by atoms with Gasteiger partial charge in [0.1, 0.15) is 0 Å². The number of hydrogen-bond acceptors (Lipinski definition) is 5. The summed E-state index contributed by atoms with van der Waals surface area (Å²) >= 11 is 5.89. The van der Waals surface area contributed by atoms with Gasteiger partial charge in [0.25, 0.3) is 5.56 Å². The molecule has 24 heavy (non-hydrogen) atoms. The average Bonchev–Trinajstić information content (AvgIpc) is 2.54. The number of nitrogens with one attached hydrogen (secondary N) is 1. The molecule has 0 saturated carbocycles. The van der Waals surface area contributed by atoms with Crippen molar-refractivity contribution in [3.63, 3.8) is 0 Å². The molecule has 0 aromatic heterocycles. The minimum Gasteiger partial charge on any atom is -0.370 e. The molecule has 0 aliphatic carbocycles. The summed E-state index contributed by atoms with van der Waals surface area (Å²) in [5.41, 5.74) is 2.53. The van der Waals surface area contributed by atoms with Gasteiger partial charge in [0.05, 0.1) is 11.0 Å². The van der Waals surface area contributed by atoms with Gasteiger partial charge in [-0.3, -0.25) is 9.78 Å². The molecule has 0 radical (unpaired) electrons. The van der Waals surface area contributed by atoms with Crippen LogP contribution < -0.4 is 16.1 Å². The lowest BCUT2D eigenvalue weighted by Crippen LogP contribution is -2.28. The molecule has 126 valence electrons. The Morgan fingerprint density at radius 1 is 1.29 bits per heavy atom. The van der Waals surface area contributed by atoms with E-state index in [4.69, 9.17) is 11.6 Å². The average molecular weight is 348 g/mol. The molecule has 0 fully saturated rings. The number of rotatable bonds is 4. The van der Waals surface area contributed by atoms with Gasteiger partial charge in [-0.25, -0.2) is 9.78 Å². The number of aromatic nitrogens is 4. The lowest BCUT2D eigenvalue weighted by Gasteiger charge is -2.25. The summed E-state index contributed by atoms with van der Waals surface area (Å²) in [6.07, 6.45) is 0. The van der Waals surface area contributed by atoms with Crippen LogP contribution in [0.4, 0.5) is 5.69 Å². The van der Waals surface area contributed by atoms with Crippen molar-refractivity contribution in [1.82, 2.24) is 19.5 Å². The van der Waals surface area contributed by atoms with E-state index in [1.165, 1.54) is 0 Å². The summed E-state index contributed by atoms with van der Waals surface area (Å²) in [6, 6.07) is 3.94. The van der Waals surface area contributed by atoms with Crippen LogP contribution in [0.1, 0.15) is 12.5 Å². The maximum atomic E-state index is 12.0. The highest BCUT2D eigenvalue weighted by Crippen LogP contribution is 2.28. The second-order valence-corrected chi connectivity index (χ2v) is 5.99. The predicted octanol–water partition coefficient (Wildman–Crippen LogP) is 1.50. The maximum absolute atomic E-state index is 12.0. The van der Waals surface area contributed by atoms with Crippen molar-refractivity contribution >= 4 is 28.3 Å². The molecule has 0 saturated heterocycles. The molecule has 1 aromatic carbocycles. The van der Waals surface area contributed by atoms with E-state index in [1.807, 2.05) is 19.1 Å². The van der Waals surface area contributed by atoms with Crippen LogP contribution in [-0.4, -0.2) is 38.5 Å². The maximum Gasteiger partial charge on any atom is 0.349 e. The number of anilines is 1. The van der Waals surface area contributed by atoms with Crippen molar-refractivity contribution in [3.05, 3.63) is 38.5 Å². The van der Waals surface area contributed by atoms with E-state index in [0.29, 0.717) is 11.4 Å². The summed E-state index contributed by atoms with van der Waals surface area (Å²) in [6.45, 7) is 5.63. The number of alkyl halides is 1. The highest BCUT2D eigenvalue weighted by molar-refractivity contribution is 6.18. The summed E-state index contributed by atoms with van der Waals surface area (Å²) in [5.74, 6) is 0.802. The Hall–Kier alpha value is -2.41. The Morgan fingerprint density at radius 3 is 2.71 bits per heavy atom. The topological polar surface area (TPSA) is 83.9 Å². The van der Waals surface area contributed by atoms with E-state index in [9.17, 15) is 9.59 Å². The van der Waals surface area contributed by atoms with Gasteiger partial charge >= 0.3 is 5.69 Å². The number of H-pyrrole nitrogens is 1. The quantitative estimate of drug-likeness (QED) is 0.571. The summed E-state index contributed by atoms with van der Waals surface area (Å²) in [5, 5.41) is 0. The number of halogens is 1. The number of nitrogens with zero attached hydrogens (tertiary/aromatic N) is 4. The van der Waals surface area contributed by atoms with Gasteiger partial charge in [-0.15, -0.1) is 11.6 Å². The summed E-state index contributed by atoms with van der Waals surface area (Å²) < 4.78 is 1.73. The molecule has 0 spiro atoms. The van der Waals surface area contributed by atoms with Gasteiger partial charge in [-0.1, -0.05) is 0 Å². The van der Waals surface area contributed by atoms with Gasteiger partial charge in [-0.05, 0) is 31.5 Å². The van der Waals surface area contributed by atoms with E-state index in [0.717, 1.165) is 29.9 Å². The number of aryl methyl sites for hydroxylation is 2. The van der Waals surface area contributed by atoms with Crippen molar-refractivity contribution in [2.45, 2.75) is 13.8 Å². The van der Waals surface area contributed by atoms with Crippen LogP contribution in [0.5, 0.6) is 0 Å². The molecule has 0 amide bonds. The molecule has 1 aromatic rings. The zero-order chi connectivity index (χ0) is 17.4. The minimum atomic E-state index is -0.670. The molecule has 2 aliphatic heterocycles. The Bertz CT molecular complexity index is 994. The third-order valence-electron chi connectivity index (χ3n) is 4.14. The molecule has 2 heterocycles. The molecule has 8 heteroatoms. The molecule has 7 nitrogen and oxygen atoms in total. The molecule has 0 bridgehead atoms. The Kier molecular flexibility index (Phi) is 4.28. The van der Waals surface area contributed by atoms with Gasteiger partial charge < -0.3 is 9.47 Å². The number of hydrogen-bond donors (Lipinski definition) is 1. The number of benzene rings is 1. The molecule has 2 aliphatic rings. The largest absolute Gasteiger partial charge is 0.370 e. The fourth-order valence-electron chi connectivity index (χ4n) is 2.92. The zero-order valence-electron chi connectivity index (χ0n) is 13.8. The fraction of sp³-hybridized carbons (Fsp3) is 0.375. The third-order valence-corrected chi connectivity index (χ3v) is 4.31. The highest BCUT2D eigenvalue weighted by Gasteiger charge is 2.18. The van der Waals surface area contributed by atoms with Crippen LogP contribution >= 0.6 is 11.6 Å². The standard InChI is InChI=1S/C16H18ClN5O2/c1-4-22(6-5-17)11-8-10-12(7-9(11)2)21(3)14-13(18-10)15(23)20-16(24)19-14/h7-8H,4-6H2,1-3H3,(H,20,23,24). The number of fused-ring (bicyclic) bond motifs is 2. The van der Waals surface area contributed by atoms with Crippen LogP contribution in [0.15, 0.2) is 21.7 Å². The normalized spacial score (nSPS) is 11.3. The van der Waals surface area contributed by atoms with E-state index in [2.05, 4.69) is 26.8 Å². The van der Waals surface area contributed by atoms with Crippen LogP contribution in [-0.2, 0) is 7.05 Å². The van der Waals surface area contributed by atoms with Crippen molar-refractivity contribution in [3.8, 4) is 11.5 Å². The molecular formula is C16H18ClN5O2. The highest BCUT2D eigenvalue weighted by atomic mass is 35.5. The van der Waals surface area contributed by atoms with Crippen LogP contribution in [0.3, 0.4) is 0 Å². The minimum absolute atomic E-state index is 0.153. The van der Waals surface area contributed by atoms with Gasteiger partial charge in [0.15, 0.2) is 11.5 Å². The Labute approximate surface area is 143 Å². The molecule has 1 N–H and O–H groups in total. The summed E-state index contributed by atoms with van der Waals surface area (Å²) in [4.78, 5) is 36.2. The van der Waals surface area contributed by atoms with Crippen LogP contribution in [0, 0.1) is 6.92 Å². The second kappa shape index (κ2) is 6.24. The van der Waals surface area contributed by atoms with Gasteiger partial charge in [0.2, 0.25) is 0 Å². The first-order valence-electron chi connectivity index (χ1n) is 7.68. The van der Waals surface area contributed by atoms with Gasteiger partial charge in [0, 0.05) is 31.7 Å². The van der Waals surface area contributed by atoms with Crippen molar-refractivity contribution in [2.24, 2.45) is 7.05 Å². The smallest absolute Gasteiger partial charge is 0.349 e. The van der Waals surface area contributed by atoms with E-state index < -0.39 is 11.2 Å². The fourth-order valence-corrected chi connectivity index (χ4v) is 3.13. The van der Waals surface area contributed by atoms with Crippen molar-refractivity contribution < 1.29 is 0 Å². The second-order valence-electron chi connectivity index (χ2n) is 5.61. The van der Waals surface area contributed by atoms with Gasteiger partial charge in [-0.2, -0.15) is 4.98 Å². The Morgan fingerprint density at radius 2 is 2.04 bits per heavy atom. The number of aromatic amines is 1. The van der Waals surface area contributed by atoms with Crippen molar-refractivity contribution in [2.75, 3.05) is 23.9 Å². The lowest BCUT2D eigenvalue weighted by molar-refractivity contribution is 0.858. The van der Waals surface area contributed by atoms with Crippen LogP contribution in [0.2, 0.25) is 0 Å². The molecular weight excluding hydrogens is 330 g/mol. The first-order chi connectivity index (χ1) is 11.5. The first kappa shape index (κ1) is 16.4. The molecule has 0 unspecified atom stereocenters.